The first-order valence-corrected chi connectivity index (χ1v) is 8.23. The highest BCUT2D eigenvalue weighted by Gasteiger charge is 2.40. The van der Waals surface area contributed by atoms with E-state index < -0.39 is 5.41 Å². The smallest absolute Gasteiger partial charge is 0.230 e. The molecular weight excluding hydrogens is 278 g/mol. The number of hydrogen-bond acceptors (Lipinski definition) is 3. The summed E-state index contributed by atoms with van der Waals surface area (Å²) >= 11 is 0. The van der Waals surface area contributed by atoms with Crippen LogP contribution in [-0.2, 0) is 10.2 Å². The van der Waals surface area contributed by atoms with Gasteiger partial charge in [-0.15, -0.1) is 0 Å². The number of ether oxygens (including phenoxy) is 2. The lowest BCUT2D eigenvalue weighted by Crippen LogP contribution is -2.41. The Morgan fingerprint density at radius 2 is 2.00 bits per heavy atom. The minimum absolute atomic E-state index is 0.0905. The maximum Gasteiger partial charge on any atom is 0.230 e. The van der Waals surface area contributed by atoms with Crippen molar-refractivity contribution in [2.45, 2.75) is 51.5 Å². The fraction of sp³-hybridized carbons (Fsp3) is 0.611. The van der Waals surface area contributed by atoms with Crippen LogP contribution < -0.4 is 14.8 Å². The van der Waals surface area contributed by atoms with Crippen LogP contribution in [0, 0.1) is 5.92 Å². The van der Waals surface area contributed by atoms with E-state index in [1.165, 1.54) is 12.8 Å². The summed E-state index contributed by atoms with van der Waals surface area (Å²) in [6, 6.07) is 6.16. The van der Waals surface area contributed by atoms with E-state index in [-0.39, 0.29) is 5.91 Å². The molecule has 3 rings (SSSR count). The molecule has 0 spiro atoms. The van der Waals surface area contributed by atoms with Crippen molar-refractivity contribution in [1.29, 1.82) is 0 Å². The number of carbonyl (C=O) groups excluding carboxylic acids is 1. The normalized spacial score (nSPS) is 23.0. The van der Waals surface area contributed by atoms with E-state index in [4.69, 9.17) is 9.47 Å². The van der Waals surface area contributed by atoms with Crippen LogP contribution in [0.15, 0.2) is 18.2 Å². The highest BCUT2D eigenvalue weighted by molar-refractivity contribution is 5.88. The second-order valence-electron chi connectivity index (χ2n) is 6.85. The predicted octanol–water partition coefficient (Wildman–Crippen LogP) is 3.04. The van der Waals surface area contributed by atoms with E-state index in [9.17, 15) is 4.79 Å². The molecule has 4 heteroatoms. The van der Waals surface area contributed by atoms with Crippen LogP contribution in [-0.4, -0.2) is 25.2 Å². The zero-order valence-electron chi connectivity index (χ0n) is 13.6. The predicted molar refractivity (Wildman–Crippen MR) is 85.4 cm³/mol. The molecule has 1 aliphatic heterocycles. The van der Waals surface area contributed by atoms with E-state index in [1.807, 2.05) is 32.0 Å². The molecule has 1 aliphatic carbocycles. The van der Waals surface area contributed by atoms with Gasteiger partial charge in [0, 0.05) is 6.04 Å². The lowest BCUT2D eigenvalue weighted by Gasteiger charge is -2.26. The minimum atomic E-state index is -0.574. The molecule has 0 saturated heterocycles. The third-order valence-corrected chi connectivity index (χ3v) is 4.73. The maximum absolute atomic E-state index is 12.7. The van der Waals surface area contributed by atoms with E-state index in [2.05, 4.69) is 12.2 Å². The molecule has 120 valence electrons. The number of amides is 1. The molecule has 0 bridgehead atoms. The monoisotopic (exact) mass is 303 g/mol. The number of carbonyl (C=O) groups is 1. The van der Waals surface area contributed by atoms with Gasteiger partial charge in [0.05, 0.1) is 5.41 Å². The van der Waals surface area contributed by atoms with E-state index >= 15 is 0 Å². The van der Waals surface area contributed by atoms with Gasteiger partial charge in [-0.1, -0.05) is 19.4 Å². The van der Waals surface area contributed by atoms with Crippen molar-refractivity contribution in [3.63, 3.8) is 0 Å². The summed E-state index contributed by atoms with van der Waals surface area (Å²) in [6.07, 6.45) is 3.51. The van der Waals surface area contributed by atoms with Crippen LogP contribution in [0.1, 0.15) is 45.6 Å². The van der Waals surface area contributed by atoms with Gasteiger partial charge in [0.15, 0.2) is 11.5 Å². The fourth-order valence-electron chi connectivity index (χ4n) is 3.03. The summed E-state index contributed by atoms with van der Waals surface area (Å²) in [5, 5.41) is 3.20. The van der Waals surface area contributed by atoms with Crippen molar-refractivity contribution in [2.24, 2.45) is 5.92 Å². The lowest BCUT2D eigenvalue weighted by atomic mass is 9.83. The quantitative estimate of drug-likeness (QED) is 0.909. The molecule has 1 aromatic carbocycles. The fourth-order valence-corrected chi connectivity index (χ4v) is 3.03. The number of hydrogen-bond donors (Lipinski definition) is 1. The Labute approximate surface area is 132 Å². The van der Waals surface area contributed by atoms with Gasteiger partial charge in [0.25, 0.3) is 0 Å². The summed E-state index contributed by atoms with van der Waals surface area (Å²) in [5.41, 5.74) is 0.386. The Morgan fingerprint density at radius 3 is 2.73 bits per heavy atom. The van der Waals surface area contributed by atoms with Crippen LogP contribution in [0.3, 0.4) is 0 Å². The first-order chi connectivity index (χ1) is 10.5. The van der Waals surface area contributed by atoms with Crippen LogP contribution in [0.4, 0.5) is 0 Å². The molecule has 0 radical (unpaired) electrons. The summed E-state index contributed by atoms with van der Waals surface area (Å²) in [5.74, 6) is 2.26. The highest BCUT2D eigenvalue weighted by atomic mass is 16.6. The minimum Gasteiger partial charge on any atom is -0.486 e. The molecule has 0 unspecified atom stereocenters. The zero-order valence-corrected chi connectivity index (χ0v) is 13.6. The number of benzene rings is 1. The Bertz CT molecular complexity index is 567. The van der Waals surface area contributed by atoms with E-state index in [1.54, 1.807) is 0 Å². The Hall–Kier alpha value is -1.71. The van der Waals surface area contributed by atoms with Crippen molar-refractivity contribution < 1.29 is 14.3 Å². The summed E-state index contributed by atoms with van der Waals surface area (Å²) < 4.78 is 11.2. The van der Waals surface area contributed by atoms with Gasteiger partial charge in [-0.25, -0.2) is 0 Å². The Kier molecular flexibility index (Phi) is 4.02. The van der Waals surface area contributed by atoms with Crippen LogP contribution in [0.25, 0.3) is 0 Å². The molecule has 0 aromatic heterocycles. The van der Waals surface area contributed by atoms with Crippen LogP contribution in [0.5, 0.6) is 11.5 Å². The van der Waals surface area contributed by atoms with Gasteiger partial charge >= 0.3 is 0 Å². The van der Waals surface area contributed by atoms with Gasteiger partial charge in [0.2, 0.25) is 5.91 Å². The van der Waals surface area contributed by atoms with Gasteiger partial charge in [-0.3, -0.25) is 4.79 Å². The van der Waals surface area contributed by atoms with Gasteiger partial charge in [-0.2, -0.15) is 0 Å². The first-order valence-electron chi connectivity index (χ1n) is 8.23. The van der Waals surface area contributed by atoms with Crippen molar-refractivity contribution >= 4 is 5.91 Å². The topological polar surface area (TPSA) is 47.6 Å². The summed E-state index contributed by atoms with van der Waals surface area (Å²) in [6.45, 7) is 7.26. The van der Waals surface area contributed by atoms with Crippen molar-refractivity contribution in [3.8, 4) is 11.5 Å². The largest absolute Gasteiger partial charge is 0.486 e. The van der Waals surface area contributed by atoms with Gasteiger partial charge in [-0.05, 0) is 50.3 Å². The second kappa shape index (κ2) is 5.82. The van der Waals surface area contributed by atoms with Gasteiger partial charge < -0.3 is 14.8 Å². The molecular formula is C18H25NO3. The molecule has 1 N–H and O–H groups in total. The van der Waals surface area contributed by atoms with Crippen molar-refractivity contribution in [3.05, 3.63) is 23.8 Å². The van der Waals surface area contributed by atoms with E-state index in [0.717, 1.165) is 23.5 Å². The first kappa shape index (κ1) is 15.2. The number of fused-ring (bicyclic) bond motifs is 1. The molecule has 4 nitrogen and oxygen atoms in total. The van der Waals surface area contributed by atoms with Crippen LogP contribution >= 0.6 is 0 Å². The number of nitrogens with one attached hydrogen (secondary N) is 1. The van der Waals surface area contributed by atoms with Crippen LogP contribution in [0.2, 0.25) is 0 Å². The molecule has 2 atom stereocenters. The molecule has 1 aromatic rings. The molecule has 1 heterocycles. The second-order valence-corrected chi connectivity index (χ2v) is 6.85. The third kappa shape index (κ3) is 2.92. The van der Waals surface area contributed by atoms with Crippen molar-refractivity contribution in [1.82, 2.24) is 5.32 Å². The average Bonchev–Trinajstić information content (AvgIpc) is 3.24. The van der Waals surface area contributed by atoms with Crippen molar-refractivity contribution in [2.75, 3.05) is 13.2 Å². The third-order valence-electron chi connectivity index (χ3n) is 4.73. The van der Waals surface area contributed by atoms with Gasteiger partial charge in [0.1, 0.15) is 13.2 Å². The molecule has 1 amide bonds. The maximum atomic E-state index is 12.7. The SMILES string of the molecule is CCC[C@@H]1C[C@@H]1NC(=O)C(C)(C)c1ccc2c(c1)OCCO2. The standard InChI is InChI=1S/C18H25NO3/c1-4-5-12-10-14(12)19-17(20)18(2,3)13-6-7-15-16(11-13)22-9-8-21-15/h6-7,11-12,14H,4-5,8-10H2,1-3H3,(H,19,20)/t12-,14+/m1/s1. The Balaban J connectivity index is 1.70. The zero-order chi connectivity index (χ0) is 15.7. The Morgan fingerprint density at radius 1 is 1.27 bits per heavy atom. The molecule has 2 aliphatic rings. The van der Waals surface area contributed by atoms with E-state index in [0.29, 0.717) is 25.2 Å². The highest BCUT2D eigenvalue weighted by Crippen LogP contribution is 2.38. The molecule has 1 fully saturated rings. The number of rotatable bonds is 5. The summed E-state index contributed by atoms with van der Waals surface area (Å²) in [7, 11) is 0. The average molecular weight is 303 g/mol. The molecule has 1 saturated carbocycles. The molecule has 22 heavy (non-hydrogen) atoms. The summed E-state index contributed by atoms with van der Waals surface area (Å²) in [4.78, 5) is 12.7. The lowest BCUT2D eigenvalue weighted by molar-refractivity contribution is -0.125.